The molecule has 1 saturated heterocycles. The van der Waals surface area contributed by atoms with Crippen LogP contribution in [-0.2, 0) is 4.74 Å². The summed E-state index contributed by atoms with van der Waals surface area (Å²) in [6, 6.07) is 16.8. The van der Waals surface area contributed by atoms with Crippen molar-refractivity contribution < 1.29 is 4.74 Å². The molecule has 1 aliphatic heterocycles. The van der Waals surface area contributed by atoms with Crippen LogP contribution in [0.3, 0.4) is 0 Å². The Morgan fingerprint density at radius 1 is 0.880 bits per heavy atom. The van der Waals surface area contributed by atoms with E-state index in [0.717, 1.165) is 24.0 Å². The van der Waals surface area contributed by atoms with E-state index in [0.29, 0.717) is 0 Å². The van der Waals surface area contributed by atoms with E-state index in [1.165, 1.54) is 55.2 Å². The molecule has 0 spiro atoms. The normalized spacial score (nSPS) is 20.6. The zero-order valence-electron chi connectivity index (χ0n) is 15.2. The molecule has 1 fully saturated rings. The molecule has 1 aliphatic rings. The first kappa shape index (κ1) is 18.5. The third kappa shape index (κ3) is 5.33. The van der Waals surface area contributed by atoms with Crippen LogP contribution < -0.4 is 0 Å². The van der Waals surface area contributed by atoms with Crippen molar-refractivity contribution in [3.63, 3.8) is 0 Å². The minimum absolute atomic E-state index is 0.270. The number of rotatable bonds is 7. The average Bonchev–Trinajstić information content (AvgIpc) is 2.67. The molecule has 2 heteroatoms. The van der Waals surface area contributed by atoms with E-state index >= 15 is 0 Å². The molecule has 2 aromatic carbocycles. The lowest BCUT2D eigenvalue weighted by molar-refractivity contribution is -0.0198. The Labute approximate surface area is 157 Å². The van der Waals surface area contributed by atoms with Crippen molar-refractivity contribution in [3.8, 4) is 11.1 Å². The van der Waals surface area contributed by atoms with E-state index < -0.39 is 0 Å². The summed E-state index contributed by atoms with van der Waals surface area (Å²) in [6.45, 7) is 3.20. The summed E-state index contributed by atoms with van der Waals surface area (Å²) in [5, 5.41) is 0.778. The smallest absolute Gasteiger partial charge is 0.0825 e. The van der Waals surface area contributed by atoms with Gasteiger partial charge in [0.2, 0.25) is 0 Å². The van der Waals surface area contributed by atoms with Crippen molar-refractivity contribution >= 4 is 11.6 Å². The molecule has 0 saturated carbocycles. The predicted octanol–water partition coefficient (Wildman–Crippen LogP) is 7.45. The zero-order valence-corrected chi connectivity index (χ0v) is 16.0. The fourth-order valence-corrected chi connectivity index (χ4v) is 3.81. The van der Waals surface area contributed by atoms with E-state index in [1.807, 2.05) is 12.1 Å². The first-order chi connectivity index (χ1) is 12.3. The lowest BCUT2D eigenvalue weighted by atomic mass is 9.90. The summed E-state index contributed by atoms with van der Waals surface area (Å²) in [6.07, 6.45) is 9.48. The summed E-state index contributed by atoms with van der Waals surface area (Å²) < 4.78 is 6.18. The van der Waals surface area contributed by atoms with Gasteiger partial charge in [0.1, 0.15) is 0 Å². The van der Waals surface area contributed by atoms with E-state index in [-0.39, 0.29) is 6.10 Å². The molecule has 3 rings (SSSR count). The zero-order chi connectivity index (χ0) is 17.5. The largest absolute Gasteiger partial charge is 0.373 e. The number of hydrogen-bond acceptors (Lipinski definition) is 1. The molecule has 134 valence electrons. The molecule has 0 amide bonds. The van der Waals surface area contributed by atoms with Gasteiger partial charge in [-0.15, -0.1) is 0 Å². The Morgan fingerprint density at radius 3 is 2.16 bits per heavy atom. The molecule has 2 unspecified atom stereocenters. The second-order valence-electron chi connectivity index (χ2n) is 7.24. The standard InChI is InChI=1S/C23H29ClO/c1-2-3-4-5-6-18-7-16-23(25-17-18)21-10-8-19(9-11-21)20-12-14-22(24)15-13-20/h8-15,18,23H,2-7,16-17H2,1H3. The van der Waals surface area contributed by atoms with Crippen LogP contribution in [0.4, 0.5) is 0 Å². The van der Waals surface area contributed by atoms with Crippen LogP contribution in [0.5, 0.6) is 0 Å². The third-order valence-electron chi connectivity index (χ3n) is 5.30. The van der Waals surface area contributed by atoms with Crippen molar-refractivity contribution in [1.82, 2.24) is 0 Å². The Kier molecular flexibility index (Phi) is 6.95. The van der Waals surface area contributed by atoms with E-state index in [2.05, 4.69) is 43.3 Å². The minimum atomic E-state index is 0.270. The van der Waals surface area contributed by atoms with Gasteiger partial charge in [-0.05, 0) is 54.0 Å². The monoisotopic (exact) mass is 356 g/mol. The van der Waals surface area contributed by atoms with Gasteiger partial charge in [-0.1, -0.05) is 80.6 Å². The highest BCUT2D eigenvalue weighted by molar-refractivity contribution is 6.30. The van der Waals surface area contributed by atoms with Gasteiger partial charge in [-0.2, -0.15) is 0 Å². The molecule has 0 aromatic heterocycles. The lowest BCUT2D eigenvalue weighted by Crippen LogP contribution is -2.20. The molecular weight excluding hydrogens is 328 g/mol. The number of ether oxygens (including phenoxy) is 1. The van der Waals surface area contributed by atoms with Gasteiger partial charge in [0.25, 0.3) is 0 Å². The van der Waals surface area contributed by atoms with E-state index in [4.69, 9.17) is 16.3 Å². The van der Waals surface area contributed by atoms with Crippen LogP contribution in [0.2, 0.25) is 5.02 Å². The van der Waals surface area contributed by atoms with Crippen LogP contribution in [0, 0.1) is 5.92 Å². The van der Waals surface area contributed by atoms with Gasteiger partial charge in [0.05, 0.1) is 12.7 Å². The first-order valence-electron chi connectivity index (χ1n) is 9.73. The quantitative estimate of drug-likeness (QED) is 0.468. The maximum absolute atomic E-state index is 6.18. The van der Waals surface area contributed by atoms with Gasteiger partial charge in [-0.25, -0.2) is 0 Å². The topological polar surface area (TPSA) is 9.23 Å². The highest BCUT2D eigenvalue weighted by Crippen LogP contribution is 2.33. The van der Waals surface area contributed by atoms with Gasteiger partial charge in [-0.3, -0.25) is 0 Å². The molecular formula is C23H29ClO. The molecule has 0 N–H and O–H groups in total. The van der Waals surface area contributed by atoms with Crippen molar-refractivity contribution in [1.29, 1.82) is 0 Å². The fraction of sp³-hybridized carbons (Fsp3) is 0.478. The lowest BCUT2D eigenvalue weighted by Gasteiger charge is -2.29. The molecule has 0 aliphatic carbocycles. The summed E-state index contributed by atoms with van der Waals surface area (Å²) in [7, 11) is 0. The van der Waals surface area contributed by atoms with Gasteiger partial charge < -0.3 is 4.74 Å². The van der Waals surface area contributed by atoms with Gasteiger partial charge in [0, 0.05) is 5.02 Å². The Morgan fingerprint density at radius 2 is 1.56 bits per heavy atom. The van der Waals surface area contributed by atoms with Crippen LogP contribution in [0.1, 0.15) is 63.5 Å². The summed E-state index contributed by atoms with van der Waals surface area (Å²) in [5.74, 6) is 0.765. The van der Waals surface area contributed by atoms with E-state index in [9.17, 15) is 0 Å². The minimum Gasteiger partial charge on any atom is -0.373 e. The van der Waals surface area contributed by atoms with Crippen LogP contribution in [0.15, 0.2) is 48.5 Å². The third-order valence-corrected chi connectivity index (χ3v) is 5.55. The Hall–Kier alpha value is -1.31. The van der Waals surface area contributed by atoms with Crippen molar-refractivity contribution in [2.45, 2.75) is 58.0 Å². The van der Waals surface area contributed by atoms with Gasteiger partial charge in [0.15, 0.2) is 0 Å². The summed E-state index contributed by atoms with van der Waals surface area (Å²) in [4.78, 5) is 0. The molecule has 1 nitrogen and oxygen atoms in total. The average molecular weight is 357 g/mol. The van der Waals surface area contributed by atoms with Crippen LogP contribution >= 0.6 is 11.6 Å². The Balaban J connectivity index is 1.51. The number of unbranched alkanes of at least 4 members (excludes halogenated alkanes) is 3. The van der Waals surface area contributed by atoms with Crippen LogP contribution in [0.25, 0.3) is 11.1 Å². The first-order valence-corrected chi connectivity index (χ1v) is 10.1. The fourth-order valence-electron chi connectivity index (χ4n) is 3.69. The maximum Gasteiger partial charge on any atom is 0.0825 e. The number of hydrogen-bond donors (Lipinski definition) is 0. The van der Waals surface area contributed by atoms with E-state index in [1.54, 1.807) is 0 Å². The molecule has 2 atom stereocenters. The van der Waals surface area contributed by atoms with Gasteiger partial charge >= 0.3 is 0 Å². The second-order valence-corrected chi connectivity index (χ2v) is 7.68. The highest BCUT2D eigenvalue weighted by Gasteiger charge is 2.22. The molecule has 1 heterocycles. The summed E-state index contributed by atoms with van der Waals surface area (Å²) in [5.41, 5.74) is 3.74. The van der Waals surface area contributed by atoms with Crippen molar-refractivity contribution in [3.05, 3.63) is 59.1 Å². The molecule has 0 bridgehead atoms. The second kappa shape index (κ2) is 9.40. The van der Waals surface area contributed by atoms with Crippen LogP contribution in [-0.4, -0.2) is 6.61 Å². The number of benzene rings is 2. The van der Waals surface area contributed by atoms with Crippen molar-refractivity contribution in [2.24, 2.45) is 5.92 Å². The molecule has 0 radical (unpaired) electrons. The maximum atomic E-state index is 6.18. The summed E-state index contributed by atoms with van der Waals surface area (Å²) >= 11 is 5.97. The molecule has 2 aromatic rings. The Bertz CT molecular complexity index is 624. The highest BCUT2D eigenvalue weighted by atomic mass is 35.5. The number of halogens is 1. The predicted molar refractivity (Wildman–Crippen MR) is 107 cm³/mol. The van der Waals surface area contributed by atoms with Crippen molar-refractivity contribution in [2.75, 3.05) is 6.61 Å². The SMILES string of the molecule is CCCCCCC1CCC(c2ccc(-c3ccc(Cl)cc3)cc2)OC1. The molecule has 25 heavy (non-hydrogen) atoms.